The van der Waals surface area contributed by atoms with Crippen molar-refractivity contribution >= 4 is 11.8 Å². The number of hydrogen-bond donors (Lipinski definition) is 0. The molecule has 0 amide bonds. The zero-order valence-electron chi connectivity index (χ0n) is 10.0. The molecule has 0 atom stereocenters. The zero-order valence-corrected chi connectivity index (χ0v) is 16.6. The van der Waals surface area contributed by atoms with Gasteiger partial charge in [0, 0.05) is 39.3 Å². The Morgan fingerprint density at radius 1 is 1.18 bits per heavy atom. The van der Waals surface area contributed by atoms with Gasteiger partial charge in [-0.2, -0.15) is 6.58 Å². The van der Waals surface area contributed by atoms with Gasteiger partial charge in [0.15, 0.2) is 0 Å². The van der Waals surface area contributed by atoms with E-state index in [0.717, 1.165) is 22.2 Å². The Balaban J connectivity index is -0.0000000286. The molecule has 101 valence electrons. The van der Waals surface area contributed by atoms with Crippen LogP contribution in [-0.4, -0.2) is 11.4 Å². The van der Waals surface area contributed by atoms with Crippen molar-refractivity contribution in [1.29, 1.82) is 0 Å². The molecule has 1 fully saturated rings. The van der Waals surface area contributed by atoms with Crippen molar-refractivity contribution in [2.24, 2.45) is 0 Å². The third-order valence-corrected chi connectivity index (χ3v) is 2.37. The molecule has 1 saturated heterocycles. The largest absolute Gasteiger partial charge is 2.00 e. The van der Waals surface area contributed by atoms with Crippen molar-refractivity contribution < 1.29 is 53.8 Å². The molecule has 0 aromatic heterocycles. The van der Waals surface area contributed by atoms with Crippen molar-refractivity contribution in [3.8, 4) is 0 Å². The smallest absolute Gasteiger partial charge is 0.415 e. The first-order valence-electron chi connectivity index (χ1n) is 3.12. The number of thioether (sulfide) groups is 1. The maximum Gasteiger partial charge on any atom is 2.00 e. The van der Waals surface area contributed by atoms with E-state index in [-0.39, 0.29) is 90.9 Å². The van der Waals surface area contributed by atoms with Crippen molar-refractivity contribution in [3.05, 3.63) is 57.6 Å². The quantitative estimate of drug-likeness (QED) is 0.466. The molecule has 1 nitrogen and oxygen atoms in total. The molecule has 1 aliphatic heterocycles. The van der Waals surface area contributed by atoms with Crippen LogP contribution in [0.4, 0.5) is 0 Å². The van der Waals surface area contributed by atoms with E-state index in [2.05, 4.69) is 20.1 Å². The third-order valence-electron chi connectivity index (χ3n) is 1.46. The molecular weight excluding hydrogens is 475 g/mol. The summed E-state index contributed by atoms with van der Waals surface area (Å²) in [5, 5.41) is 0.977. The number of nitrogens with zero attached hydrogens (tertiary/aromatic N) is 1. The van der Waals surface area contributed by atoms with Gasteiger partial charge in [-0.15, -0.1) is 22.4 Å². The molecule has 0 bridgehead atoms. The molecule has 1 rings (SSSR count). The standard InChI is InChI=1S/C8H10NS.2CH4.3CH3.W.Y/c1-5-9-6(2)7(3)10-8(9)4;;;;;;;/h3H,2,4-5H2,1H3;2*1H4;3*1H3;;/q-1;;;3*-1;+2;. The van der Waals surface area contributed by atoms with Gasteiger partial charge in [0.2, 0.25) is 0 Å². The molecule has 4 heteroatoms. The molecule has 0 N–H and O–H groups in total. The monoisotopic (exact) mass is 502 g/mol. The third kappa shape index (κ3) is 10.7. The molecule has 0 spiro atoms. The van der Waals surface area contributed by atoms with Crippen LogP contribution >= 0.6 is 11.8 Å². The normalized spacial score (nSPS) is 11.1. The van der Waals surface area contributed by atoms with Gasteiger partial charge in [-0.05, 0) is 6.92 Å². The van der Waals surface area contributed by atoms with Gasteiger partial charge in [-0.25, -0.2) is 0 Å². The van der Waals surface area contributed by atoms with Crippen LogP contribution in [0.3, 0.4) is 0 Å². The van der Waals surface area contributed by atoms with Crippen LogP contribution in [0.1, 0.15) is 21.8 Å². The molecular formula is C13H27NSWY-2. The van der Waals surface area contributed by atoms with Crippen LogP contribution in [0.5, 0.6) is 0 Å². The predicted octanol–water partition coefficient (Wildman–Crippen LogP) is 4.97. The Labute approximate surface area is 155 Å². The fourth-order valence-electron chi connectivity index (χ4n) is 0.892. The summed E-state index contributed by atoms with van der Waals surface area (Å²) in [6.45, 7) is 16.2. The van der Waals surface area contributed by atoms with Gasteiger partial charge >= 0.3 is 21.1 Å². The average molecular weight is 502 g/mol. The predicted molar refractivity (Wildman–Crippen MR) is 78.8 cm³/mol. The van der Waals surface area contributed by atoms with Gasteiger partial charge < -0.3 is 27.2 Å². The Morgan fingerprint density at radius 2 is 1.53 bits per heavy atom. The number of likely N-dealkylation sites (N-methyl/N-ethyl adjacent to an activating group) is 1. The van der Waals surface area contributed by atoms with Crippen LogP contribution in [0, 0.1) is 28.9 Å². The van der Waals surface area contributed by atoms with Crippen LogP contribution < -0.4 is 0 Å². The Hall–Kier alpha value is 1.16. The van der Waals surface area contributed by atoms with Gasteiger partial charge in [0.1, 0.15) is 0 Å². The summed E-state index contributed by atoms with van der Waals surface area (Å²) in [4.78, 5) is 2.77. The van der Waals surface area contributed by atoms with Crippen molar-refractivity contribution in [1.82, 2.24) is 4.90 Å². The summed E-state index contributed by atoms with van der Waals surface area (Å²) in [6.07, 6.45) is 0. The van der Waals surface area contributed by atoms with E-state index in [0.29, 0.717) is 0 Å². The number of hydrogen-bond acceptors (Lipinski definition) is 2. The first kappa shape index (κ1) is 42.9. The van der Waals surface area contributed by atoms with Crippen LogP contribution in [0.2, 0.25) is 0 Å². The second kappa shape index (κ2) is 19.5. The SMILES string of the molecule is C.C.[CH-]=C1SC(=C)N(CC)C1=C.[CH3-].[CH3-].[CH3-].[W+2].[Y]. The fourth-order valence-corrected chi connectivity index (χ4v) is 1.72. The first-order chi connectivity index (χ1) is 4.66. The second-order valence-electron chi connectivity index (χ2n) is 2.05. The zero-order chi connectivity index (χ0) is 7.72. The van der Waals surface area contributed by atoms with Gasteiger partial charge in [0.25, 0.3) is 0 Å². The Bertz CT molecular complexity index is 217. The van der Waals surface area contributed by atoms with Crippen molar-refractivity contribution in [3.63, 3.8) is 0 Å². The summed E-state index contributed by atoms with van der Waals surface area (Å²) in [5.74, 6) is 0. The van der Waals surface area contributed by atoms with Crippen molar-refractivity contribution in [2.75, 3.05) is 6.54 Å². The average Bonchev–Trinajstić information content (AvgIpc) is 2.09. The Kier molecular flexibility index (Phi) is 49.3. The maximum atomic E-state index is 5.61. The molecule has 17 heavy (non-hydrogen) atoms. The minimum Gasteiger partial charge on any atom is -0.415 e. The topological polar surface area (TPSA) is 3.24 Å². The summed E-state index contributed by atoms with van der Waals surface area (Å²) in [6, 6.07) is 0. The van der Waals surface area contributed by atoms with E-state index in [1.807, 2.05) is 4.90 Å². The molecule has 1 heterocycles. The molecule has 0 aliphatic carbocycles. The van der Waals surface area contributed by atoms with E-state index in [4.69, 9.17) is 6.58 Å². The summed E-state index contributed by atoms with van der Waals surface area (Å²) >= 11 is 1.49. The van der Waals surface area contributed by atoms with E-state index < -0.39 is 0 Å². The summed E-state index contributed by atoms with van der Waals surface area (Å²) in [7, 11) is 0. The summed E-state index contributed by atoms with van der Waals surface area (Å²) < 4.78 is 0. The van der Waals surface area contributed by atoms with E-state index >= 15 is 0 Å². The van der Waals surface area contributed by atoms with E-state index in [1.54, 1.807) is 0 Å². The first-order valence-corrected chi connectivity index (χ1v) is 3.94. The second-order valence-corrected chi connectivity index (χ2v) is 3.17. The van der Waals surface area contributed by atoms with Gasteiger partial charge in [-0.3, -0.25) is 6.58 Å². The summed E-state index contributed by atoms with van der Waals surface area (Å²) in [5.41, 5.74) is 0.887. The van der Waals surface area contributed by atoms with Crippen LogP contribution in [-0.2, 0) is 53.8 Å². The molecule has 0 aromatic rings. The van der Waals surface area contributed by atoms with Crippen LogP contribution in [0.15, 0.2) is 28.8 Å². The Morgan fingerprint density at radius 3 is 1.65 bits per heavy atom. The number of rotatable bonds is 1. The molecule has 0 unspecified atom stereocenters. The van der Waals surface area contributed by atoms with Crippen LogP contribution in [0.25, 0.3) is 0 Å². The van der Waals surface area contributed by atoms with Gasteiger partial charge in [0.05, 0.1) is 5.03 Å². The minimum atomic E-state index is 0. The van der Waals surface area contributed by atoms with E-state index in [9.17, 15) is 0 Å². The molecule has 0 saturated carbocycles. The van der Waals surface area contributed by atoms with Crippen molar-refractivity contribution in [2.45, 2.75) is 21.8 Å². The van der Waals surface area contributed by atoms with Gasteiger partial charge in [-0.1, -0.05) is 21.4 Å². The minimum absolute atomic E-state index is 0. The molecule has 1 aliphatic rings. The fraction of sp³-hybridized carbons (Fsp3) is 0.308. The van der Waals surface area contributed by atoms with E-state index in [1.165, 1.54) is 11.8 Å². The maximum absolute atomic E-state index is 5.61. The molecule has 1 radical (unpaired) electrons. The molecule has 0 aromatic carbocycles.